The average Bonchev–Trinajstić information content (AvgIpc) is 2.79. The first-order valence-corrected chi connectivity index (χ1v) is 6.14. The molecule has 0 aliphatic heterocycles. The van der Waals surface area contributed by atoms with Crippen molar-refractivity contribution in [2.45, 2.75) is 32.7 Å². The molecule has 3 nitrogen and oxygen atoms in total. The van der Waals surface area contributed by atoms with E-state index < -0.39 is 0 Å². The molecular weight excluding hydrogens is 210 g/mol. The summed E-state index contributed by atoms with van der Waals surface area (Å²) in [6, 6.07) is 8.13. The zero-order valence-corrected chi connectivity index (χ0v) is 10.3. The Bertz CT molecular complexity index is 457. The van der Waals surface area contributed by atoms with Crippen LogP contribution in [0.4, 0.5) is 5.69 Å². The Hall–Kier alpha value is -1.77. The van der Waals surface area contributed by atoms with Crippen LogP contribution < -0.4 is 5.73 Å². The maximum Gasteiger partial charge on any atom is 0.108 e. The number of benzene rings is 1. The molecule has 0 aliphatic carbocycles. The largest absolute Gasteiger partial charge is 0.399 e. The minimum Gasteiger partial charge on any atom is -0.399 e. The maximum absolute atomic E-state index is 5.66. The number of aryl methyl sites for hydroxylation is 3. The third kappa shape index (κ3) is 3.09. The highest BCUT2D eigenvalue weighted by Crippen LogP contribution is 2.09. The van der Waals surface area contributed by atoms with E-state index >= 15 is 0 Å². The Balaban J connectivity index is 1.85. The summed E-state index contributed by atoms with van der Waals surface area (Å²) in [6.45, 7) is 3.17. The van der Waals surface area contributed by atoms with Crippen molar-refractivity contribution in [3.63, 3.8) is 0 Å². The second kappa shape index (κ2) is 5.53. The molecule has 2 N–H and O–H groups in total. The van der Waals surface area contributed by atoms with Crippen molar-refractivity contribution in [1.82, 2.24) is 9.55 Å². The molecule has 2 rings (SSSR count). The summed E-state index contributed by atoms with van der Waals surface area (Å²) in [5.74, 6) is 1.17. The number of imidazole rings is 1. The molecule has 90 valence electrons. The lowest BCUT2D eigenvalue weighted by Crippen LogP contribution is -2.03. The van der Waals surface area contributed by atoms with Crippen molar-refractivity contribution in [3.8, 4) is 0 Å². The van der Waals surface area contributed by atoms with E-state index in [1.165, 1.54) is 11.4 Å². The SMILES string of the molecule is CCc1nccn1CCCc1ccc(N)cc1. The number of nitrogens with zero attached hydrogens (tertiary/aromatic N) is 2. The zero-order chi connectivity index (χ0) is 12.1. The number of rotatable bonds is 5. The second-order valence-electron chi connectivity index (χ2n) is 4.24. The van der Waals surface area contributed by atoms with Gasteiger partial charge in [0.2, 0.25) is 0 Å². The Labute approximate surface area is 102 Å². The van der Waals surface area contributed by atoms with Gasteiger partial charge in [-0.25, -0.2) is 4.98 Å². The molecule has 0 atom stereocenters. The molecule has 0 aliphatic rings. The van der Waals surface area contributed by atoms with Crippen LogP contribution in [0.15, 0.2) is 36.7 Å². The van der Waals surface area contributed by atoms with Crippen molar-refractivity contribution in [3.05, 3.63) is 48.0 Å². The van der Waals surface area contributed by atoms with Crippen LogP contribution in [0.2, 0.25) is 0 Å². The summed E-state index contributed by atoms with van der Waals surface area (Å²) < 4.78 is 2.23. The van der Waals surface area contributed by atoms with E-state index in [1.807, 2.05) is 18.3 Å². The van der Waals surface area contributed by atoms with Crippen LogP contribution in [0, 0.1) is 0 Å². The van der Waals surface area contributed by atoms with Crippen molar-refractivity contribution < 1.29 is 0 Å². The fourth-order valence-electron chi connectivity index (χ4n) is 2.00. The van der Waals surface area contributed by atoms with E-state index in [1.54, 1.807) is 0 Å². The van der Waals surface area contributed by atoms with Crippen LogP contribution in [0.3, 0.4) is 0 Å². The van der Waals surface area contributed by atoms with Gasteiger partial charge in [0, 0.05) is 31.0 Å². The van der Waals surface area contributed by atoms with Gasteiger partial charge in [-0.2, -0.15) is 0 Å². The molecule has 0 saturated carbocycles. The molecule has 0 radical (unpaired) electrons. The van der Waals surface area contributed by atoms with E-state index in [0.717, 1.165) is 31.5 Å². The van der Waals surface area contributed by atoms with Crippen LogP contribution in [0.25, 0.3) is 0 Å². The third-order valence-electron chi connectivity index (χ3n) is 2.96. The van der Waals surface area contributed by atoms with Gasteiger partial charge in [-0.05, 0) is 30.5 Å². The number of hydrogen-bond donors (Lipinski definition) is 1. The highest BCUT2D eigenvalue weighted by molar-refractivity contribution is 5.39. The highest BCUT2D eigenvalue weighted by atomic mass is 15.1. The minimum absolute atomic E-state index is 0.830. The smallest absolute Gasteiger partial charge is 0.108 e. The molecule has 0 fully saturated rings. The predicted molar refractivity (Wildman–Crippen MR) is 70.8 cm³/mol. The van der Waals surface area contributed by atoms with Gasteiger partial charge in [0.1, 0.15) is 5.82 Å². The van der Waals surface area contributed by atoms with E-state index in [-0.39, 0.29) is 0 Å². The number of aromatic nitrogens is 2. The van der Waals surface area contributed by atoms with Gasteiger partial charge in [-0.3, -0.25) is 0 Å². The van der Waals surface area contributed by atoms with E-state index in [4.69, 9.17) is 5.73 Å². The van der Waals surface area contributed by atoms with Crippen molar-refractivity contribution in [2.75, 3.05) is 5.73 Å². The summed E-state index contributed by atoms with van der Waals surface area (Å²) in [4.78, 5) is 4.32. The third-order valence-corrected chi connectivity index (χ3v) is 2.96. The molecule has 17 heavy (non-hydrogen) atoms. The van der Waals surface area contributed by atoms with Crippen molar-refractivity contribution >= 4 is 5.69 Å². The maximum atomic E-state index is 5.66. The Morgan fingerprint density at radius 2 is 2.00 bits per heavy atom. The summed E-state index contributed by atoms with van der Waals surface area (Å²) in [5, 5.41) is 0. The quantitative estimate of drug-likeness (QED) is 0.801. The lowest BCUT2D eigenvalue weighted by Gasteiger charge is -2.06. The van der Waals surface area contributed by atoms with Crippen LogP contribution in [-0.4, -0.2) is 9.55 Å². The lowest BCUT2D eigenvalue weighted by atomic mass is 10.1. The number of anilines is 1. The first kappa shape index (κ1) is 11.7. The molecular formula is C14H19N3. The molecule has 0 amide bonds. The van der Waals surface area contributed by atoms with Gasteiger partial charge >= 0.3 is 0 Å². The number of nitrogen functional groups attached to an aromatic ring is 1. The zero-order valence-electron chi connectivity index (χ0n) is 10.3. The Morgan fingerprint density at radius 1 is 1.24 bits per heavy atom. The van der Waals surface area contributed by atoms with E-state index in [9.17, 15) is 0 Å². The van der Waals surface area contributed by atoms with Crippen LogP contribution in [0.5, 0.6) is 0 Å². The van der Waals surface area contributed by atoms with E-state index in [0.29, 0.717) is 0 Å². The normalized spacial score (nSPS) is 10.6. The van der Waals surface area contributed by atoms with Crippen molar-refractivity contribution in [1.29, 1.82) is 0 Å². The number of hydrogen-bond acceptors (Lipinski definition) is 2. The highest BCUT2D eigenvalue weighted by Gasteiger charge is 2.00. The molecule has 0 spiro atoms. The molecule has 0 saturated heterocycles. The Kier molecular flexibility index (Phi) is 3.81. The van der Waals surface area contributed by atoms with Crippen LogP contribution in [-0.2, 0) is 19.4 Å². The summed E-state index contributed by atoms with van der Waals surface area (Å²) in [6.07, 6.45) is 7.15. The molecule has 1 heterocycles. The fraction of sp³-hybridized carbons (Fsp3) is 0.357. The lowest BCUT2D eigenvalue weighted by molar-refractivity contribution is 0.614. The molecule has 2 aromatic rings. The fourth-order valence-corrected chi connectivity index (χ4v) is 2.00. The summed E-state index contributed by atoms with van der Waals surface area (Å²) in [7, 11) is 0. The Morgan fingerprint density at radius 3 is 2.71 bits per heavy atom. The van der Waals surface area contributed by atoms with Gasteiger partial charge in [-0.1, -0.05) is 19.1 Å². The molecule has 1 aromatic carbocycles. The molecule has 3 heteroatoms. The first-order chi connectivity index (χ1) is 8.29. The second-order valence-corrected chi connectivity index (χ2v) is 4.24. The minimum atomic E-state index is 0.830. The predicted octanol–water partition coefficient (Wildman–Crippen LogP) is 2.66. The molecule has 0 bridgehead atoms. The van der Waals surface area contributed by atoms with Gasteiger partial charge in [0.05, 0.1) is 0 Å². The summed E-state index contributed by atoms with van der Waals surface area (Å²) >= 11 is 0. The van der Waals surface area contributed by atoms with E-state index in [2.05, 4.69) is 34.8 Å². The summed E-state index contributed by atoms with van der Waals surface area (Å²) in [5.41, 5.74) is 7.83. The average molecular weight is 229 g/mol. The first-order valence-electron chi connectivity index (χ1n) is 6.14. The van der Waals surface area contributed by atoms with Gasteiger partial charge in [0.25, 0.3) is 0 Å². The number of nitrogens with two attached hydrogens (primary N) is 1. The van der Waals surface area contributed by atoms with Crippen molar-refractivity contribution in [2.24, 2.45) is 0 Å². The van der Waals surface area contributed by atoms with Crippen LogP contribution in [0.1, 0.15) is 24.7 Å². The topological polar surface area (TPSA) is 43.8 Å². The van der Waals surface area contributed by atoms with Crippen LogP contribution >= 0.6 is 0 Å². The van der Waals surface area contributed by atoms with Gasteiger partial charge < -0.3 is 10.3 Å². The standard InChI is InChI=1S/C14H19N3/c1-2-14-16-9-11-17(14)10-3-4-12-5-7-13(15)8-6-12/h5-9,11H,2-4,10,15H2,1H3. The molecule has 1 aromatic heterocycles. The van der Waals surface area contributed by atoms with Gasteiger partial charge in [-0.15, -0.1) is 0 Å². The molecule has 0 unspecified atom stereocenters. The van der Waals surface area contributed by atoms with Gasteiger partial charge in [0.15, 0.2) is 0 Å². The monoisotopic (exact) mass is 229 g/mol.